The summed E-state index contributed by atoms with van der Waals surface area (Å²) < 4.78 is 20.6. The molecule has 0 fully saturated rings. The second kappa shape index (κ2) is 7.02. The van der Waals surface area contributed by atoms with E-state index in [9.17, 15) is 4.39 Å². The zero-order valence-electron chi connectivity index (χ0n) is 11.7. The Hall–Kier alpha value is -0.160. The third-order valence-corrected chi connectivity index (χ3v) is 5.05. The maximum Gasteiger partial charge on any atom is 0.147 e. The van der Waals surface area contributed by atoms with Gasteiger partial charge >= 0.3 is 0 Å². The Morgan fingerprint density at radius 3 is 2.42 bits per heavy atom. The van der Waals surface area contributed by atoms with E-state index in [-0.39, 0.29) is 11.1 Å². The second-order valence-electron chi connectivity index (χ2n) is 4.46. The van der Waals surface area contributed by atoms with Crippen molar-refractivity contribution in [1.82, 2.24) is 5.32 Å². The van der Waals surface area contributed by atoms with E-state index in [1.807, 2.05) is 13.8 Å². The van der Waals surface area contributed by atoms with Crippen molar-refractivity contribution in [3.63, 3.8) is 0 Å². The molecule has 0 bridgehead atoms. The molecular formula is C14H20BrClFNO. The van der Waals surface area contributed by atoms with Crippen molar-refractivity contribution < 1.29 is 9.13 Å². The highest BCUT2D eigenvalue weighted by molar-refractivity contribution is 9.10. The van der Waals surface area contributed by atoms with Crippen LogP contribution in [0.4, 0.5) is 4.39 Å². The summed E-state index contributed by atoms with van der Waals surface area (Å²) in [5, 5.41) is 3.27. The third kappa shape index (κ3) is 3.13. The summed E-state index contributed by atoms with van der Waals surface area (Å²) in [7, 11) is 3.47. The van der Waals surface area contributed by atoms with E-state index >= 15 is 0 Å². The first kappa shape index (κ1) is 16.9. The van der Waals surface area contributed by atoms with E-state index in [1.165, 1.54) is 0 Å². The summed E-state index contributed by atoms with van der Waals surface area (Å²) in [5.74, 6) is -0.404. The van der Waals surface area contributed by atoms with Gasteiger partial charge in [0.15, 0.2) is 0 Å². The van der Waals surface area contributed by atoms with Gasteiger partial charge in [0.1, 0.15) is 5.82 Å². The molecule has 2 nitrogen and oxygen atoms in total. The average molecular weight is 353 g/mol. The van der Waals surface area contributed by atoms with Crippen molar-refractivity contribution in [2.75, 3.05) is 14.2 Å². The summed E-state index contributed by atoms with van der Waals surface area (Å²) in [6, 6.07) is 3.25. The molecule has 1 unspecified atom stereocenters. The molecule has 1 rings (SSSR count). The Labute approximate surface area is 127 Å². The van der Waals surface area contributed by atoms with Gasteiger partial charge in [0.25, 0.3) is 0 Å². The molecule has 0 aliphatic carbocycles. The van der Waals surface area contributed by atoms with Crippen LogP contribution in [0.5, 0.6) is 0 Å². The molecule has 0 spiro atoms. The first-order valence-electron chi connectivity index (χ1n) is 6.33. The smallest absolute Gasteiger partial charge is 0.147 e. The number of ether oxygens (including phenoxy) is 1. The van der Waals surface area contributed by atoms with Gasteiger partial charge in [-0.3, -0.25) is 0 Å². The normalized spacial score (nSPS) is 13.6. The number of benzene rings is 1. The van der Waals surface area contributed by atoms with Crippen LogP contribution < -0.4 is 5.32 Å². The minimum absolute atomic E-state index is 0.106. The average Bonchev–Trinajstić information content (AvgIpc) is 2.44. The van der Waals surface area contributed by atoms with Crippen LogP contribution >= 0.6 is 27.5 Å². The van der Waals surface area contributed by atoms with Crippen LogP contribution in [0.3, 0.4) is 0 Å². The van der Waals surface area contributed by atoms with E-state index in [0.717, 1.165) is 12.8 Å². The van der Waals surface area contributed by atoms with Crippen LogP contribution in [-0.4, -0.2) is 19.8 Å². The zero-order valence-corrected chi connectivity index (χ0v) is 14.0. The van der Waals surface area contributed by atoms with Crippen LogP contribution in [0.2, 0.25) is 5.02 Å². The Balaban J connectivity index is 3.35. The Bertz CT molecular complexity index is 429. The lowest BCUT2D eigenvalue weighted by molar-refractivity contribution is -0.0475. The first-order chi connectivity index (χ1) is 8.97. The highest BCUT2D eigenvalue weighted by Crippen LogP contribution is 2.38. The maximum absolute atomic E-state index is 14.4. The minimum Gasteiger partial charge on any atom is -0.376 e. The van der Waals surface area contributed by atoms with Gasteiger partial charge in [0.2, 0.25) is 0 Å². The standard InChI is InChI=1S/C14H20BrClFNO/c1-5-14(6-2,19-4)13(18-3)9-7-8-10(15)11(16)12(9)17/h7-8,13,18H,5-6H2,1-4H3. The van der Waals surface area contributed by atoms with Crippen molar-refractivity contribution in [1.29, 1.82) is 0 Å². The van der Waals surface area contributed by atoms with E-state index in [4.69, 9.17) is 16.3 Å². The molecule has 5 heteroatoms. The molecule has 0 radical (unpaired) electrons. The highest BCUT2D eigenvalue weighted by atomic mass is 79.9. The number of halogens is 3. The van der Waals surface area contributed by atoms with Gasteiger partial charge in [0.05, 0.1) is 16.7 Å². The largest absolute Gasteiger partial charge is 0.376 e. The third-order valence-electron chi connectivity index (χ3n) is 3.79. The molecular weight excluding hydrogens is 333 g/mol. The van der Waals surface area contributed by atoms with Crippen LogP contribution in [0.15, 0.2) is 16.6 Å². The van der Waals surface area contributed by atoms with Crippen LogP contribution in [-0.2, 0) is 4.74 Å². The van der Waals surface area contributed by atoms with E-state index in [2.05, 4.69) is 21.2 Å². The lowest BCUT2D eigenvalue weighted by Gasteiger charge is -2.38. The van der Waals surface area contributed by atoms with E-state index in [1.54, 1.807) is 26.3 Å². The fraction of sp³-hybridized carbons (Fsp3) is 0.571. The van der Waals surface area contributed by atoms with Crippen LogP contribution in [0, 0.1) is 5.82 Å². The lowest BCUT2D eigenvalue weighted by Crippen LogP contribution is -2.44. The Morgan fingerprint density at radius 1 is 1.42 bits per heavy atom. The number of hydrogen-bond acceptors (Lipinski definition) is 2. The lowest BCUT2D eigenvalue weighted by atomic mass is 9.83. The fourth-order valence-corrected chi connectivity index (χ4v) is 3.01. The van der Waals surface area contributed by atoms with Crippen molar-refractivity contribution in [2.24, 2.45) is 0 Å². The van der Waals surface area contributed by atoms with Crippen molar-refractivity contribution in [2.45, 2.75) is 38.3 Å². The summed E-state index contributed by atoms with van der Waals surface area (Å²) >= 11 is 9.20. The van der Waals surface area contributed by atoms with Crippen LogP contribution in [0.1, 0.15) is 38.3 Å². The number of nitrogens with one attached hydrogen (secondary N) is 1. The van der Waals surface area contributed by atoms with Crippen molar-refractivity contribution in [3.8, 4) is 0 Å². The molecule has 0 amide bonds. The molecule has 0 saturated heterocycles. The summed E-state index contributed by atoms with van der Waals surface area (Å²) in [6.07, 6.45) is 1.55. The SMILES string of the molecule is CCC(CC)(OC)C(NC)c1ccc(Br)c(Cl)c1F. The number of hydrogen-bond donors (Lipinski definition) is 1. The molecule has 1 N–H and O–H groups in total. The molecule has 0 saturated carbocycles. The quantitative estimate of drug-likeness (QED) is 0.749. The predicted molar refractivity (Wildman–Crippen MR) is 81.2 cm³/mol. The summed E-state index contributed by atoms with van der Waals surface area (Å²) in [6.45, 7) is 4.07. The van der Waals surface area contributed by atoms with Gasteiger partial charge < -0.3 is 10.1 Å². The second-order valence-corrected chi connectivity index (χ2v) is 5.69. The summed E-state index contributed by atoms with van der Waals surface area (Å²) in [5.41, 5.74) is 0.0773. The topological polar surface area (TPSA) is 21.3 Å². The van der Waals surface area contributed by atoms with Gasteiger partial charge in [0, 0.05) is 17.1 Å². The molecule has 0 aliphatic heterocycles. The monoisotopic (exact) mass is 351 g/mol. The molecule has 1 aromatic rings. The van der Waals surface area contributed by atoms with Crippen LogP contribution in [0.25, 0.3) is 0 Å². The molecule has 0 heterocycles. The molecule has 19 heavy (non-hydrogen) atoms. The van der Waals surface area contributed by atoms with Gasteiger partial charge in [-0.15, -0.1) is 0 Å². The summed E-state index contributed by atoms with van der Waals surface area (Å²) in [4.78, 5) is 0. The first-order valence-corrected chi connectivity index (χ1v) is 7.50. The molecule has 0 aromatic heterocycles. The predicted octanol–water partition coefficient (Wildman–Crippen LogP) is 4.71. The van der Waals surface area contributed by atoms with Gasteiger partial charge in [-0.05, 0) is 41.9 Å². The fourth-order valence-electron chi connectivity index (χ4n) is 2.53. The molecule has 108 valence electrons. The number of methoxy groups -OCH3 is 1. The minimum atomic E-state index is -0.452. The number of rotatable bonds is 6. The Morgan fingerprint density at radius 2 is 2.00 bits per heavy atom. The van der Waals surface area contributed by atoms with Gasteiger partial charge in [-0.1, -0.05) is 31.5 Å². The highest BCUT2D eigenvalue weighted by Gasteiger charge is 2.37. The zero-order chi connectivity index (χ0) is 14.6. The number of likely N-dealkylation sites (N-methyl/N-ethyl adjacent to an activating group) is 1. The van der Waals surface area contributed by atoms with Crippen molar-refractivity contribution in [3.05, 3.63) is 33.0 Å². The van der Waals surface area contributed by atoms with Gasteiger partial charge in [-0.25, -0.2) is 4.39 Å². The van der Waals surface area contributed by atoms with E-state index in [0.29, 0.717) is 10.0 Å². The molecule has 1 aromatic carbocycles. The van der Waals surface area contributed by atoms with Gasteiger partial charge in [-0.2, -0.15) is 0 Å². The molecule has 0 aliphatic rings. The maximum atomic E-state index is 14.4. The Kier molecular flexibility index (Phi) is 6.24. The van der Waals surface area contributed by atoms with E-state index < -0.39 is 11.4 Å². The molecule has 1 atom stereocenters. The van der Waals surface area contributed by atoms with Crippen molar-refractivity contribution >= 4 is 27.5 Å².